The van der Waals surface area contributed by atoms with Crippen LogP contribution in [-0.2, 0) is 14.3 Å². The number of likely N-dealkylation sites (tertiary alicyclic amines) is 2. The Bertz CT molecular complexity index is 691. The summed E-state index contributed by atoms with van der Waals surface area (Å²) < 4.78 is 5.05. The minimum atomic E-state index is 0.0453. The molecule has 2 heterocycles. The highest BCUT2D eigenvalue weighted by atomic mass is 16.5. The van der Waals surface area contributed by atoms with Crippen LogP contribution in [-0.4, -0.2) is 80.5 Å². The number of likely N-dealkylation sites (N-methyl/N-ethyl adjacent to an activating group) is 1. The summed E-state index contributed by atoms with van der Waals surface area (Å²) in [6.07, 6.45) is 0.425. The van der Waals surface area contributed by atoms with Gasteiger partial charge in [0.1, 0.15) is 0 Å². The van der Waals surface area contributed by atoms with Gasteiger partial charge >= 0.3 is 0 Å². The molecule has 6 heteroatoms. The Balaban J connectivity index is 1.83. The highest BCUT2D eigenvalue weighted by molar-refractivity contribution is 5.80. The van der Waals surface area contributed by atoms with Gasteiger partial charge in [0, 0.05) is 38.6 Å². The standard InChI is InChI=1S/C21H31N3O3/c1-15-7-5-6-8-17(15)21-18-13-23(19(25)9-10-27-4)11-16(18)12-24(21)20(26)14-22(2)3/h5-8,16,18,21H,9-14H2,1-4H3/t16-,18-,21+/m1/s1. The van der Waals surface area contributed by atoms with Crippen LogP contribution in [0, 0.1) is 18.8 Å². The summed E-state index contributed by atoms with van der Waals surface area (Å²) in [5.74, 6) is 0.955. The maximum atomic E-state index is 12.9. The van der Waals surface area contributed by atoms with Crippen molar-refractivity contribution in [2.45, 2.75) is 19.4 Å². The quantitative estimate of drug-likeness (QED) is 0.759. The molecule has 0 unspecified atom stereocenters. The third-order valence-electron chi connectivity index (χ3n) is 5.82. The molecular weight excluding hydrogens is 342 g/mol. The average molecular weight is 373 g/mol. The molecule has 1 aromatic carbocycles. The number of rotatable bonds is 6. The Morgan fingerprint density at radius 3 is 2.56 bits per heavy atom. The lowest BCUT2D eigenvalue weighted by atomic mass is 9.87. The number of amides is 2. The topological polar surface area (TPSA) is 53.1 Å². The molecule has 0 bridgehead atoms. The number of ether oxygens (including phenoxy) is 1. The molecule has 2 saturated heterocycles. The van der Waals surface area contributed by atoms with Gasteiger partial charge in [-0.1, -0.05) is 24.3 Å². The number of hydrogen-bond acceptors (Lipinski definition) is 4. The molecule has 6 nitrogen and oxygen atoms in total. The second kappa shape index (κ2) is 8.40. The highest BCUT2D eigenvalue weighted by Gasteiger charge is 2.50. The van der Waals surface area contributed by atoms with Crippen LogP contribution in [0.1, 0.15) is 23.6 Å². The van der Waals surface area contributed by atoms with E-state index in [1.54, 1.807) is 7.11 Å². The summed E-state index contributed by atoms with van der Waals surface area (Å²) in [5, 5.41) is 0. The summed E-state index contributed by atoms with van der Waals surface area (Å²) in [6, 6.07) is 8.36. The Labute approximate surface area is 162 Å². The van der Waals surface area contributed by atoms with Crippen molar-refractivity contribution in [3.8, 4) is 0 Å². The van der Waals surface area contributed by atoms with E-state index in [0.717, 1.165) is 19.6 Å². The fourth-order valence-corrected chi connectivity index (χ4v) is 4.53. The van der Waals surface area contributed by atoms with Crippen molar-refractivity contribution in [2.75, 3.05) is 54.0 Å². The molecule has 2 aliphatic rings. The summed E-state index contributed by atoms with van der Waals surface area (Å²) >= 11 is 0. The van der Waals surface area contributed by atoms with Crippen LogP contribution < -0.4 is 0 Å². The molecule has 3 rings (SSSR count). The molecule has 0 saturated carbocycles. The third-order valence-corrected chi connectivity index (χ3v) is 5.82. The van der Waals surface area contributed by atoms with E-state index in [1.165, 1.54) is 11.1 Å². The Hall–Kier alpha value is -1.92. The molecule has 0 radical (unpaired) electrons. The molecule has 2 fully saturated rings. The predicted octanol–water partition coefficient (Wildman–Crippen LogP) is 1.55. The molecule has 3 atom stereocenters. The molecule has 2 amide bonds. The highest BCUT2D eigenvalue weighted by Crippen LogP contribution is 2.45. The summed E-state index contributed by atoms with van der Waals surface area (Å²) in [7, 11) is 5.47. The first-order chi connectivity index (χ1) is 12.9. The van der Waals surface area contributed by atoms with Crippen LogP contribution in [0.25, 0.3) is 0 Å². The fourth-order valence-electron chi connectivity index (χ4n) is 4.53. The van der Waals surface area contributed by atoms with Gasteiger partial charge in [-0.3, -0.25) is 9.59 Å². The second-order valence-corrected chi connectivity index (χ2v) is 8.05. The van der Waals surface area contributed by atoms with Gasteiger partial charge in [0.2, 0.25) is 11.8 Å². The lowest BCUT2D eigenvalue weighted by molar-refractivity contribution is -0.134. The van der Waals surface area contributed by atoms with Crippen molar-refractivity contribution in [3.63, 3.8) is 0 Å². The van der Waals surface area contributed by atoms with Gasteiger partial charge in [-0.05, 0) is 32.1 Å². The normalized spacial score (nSPS) is 24.6. The number of carbonyl (C=O) groups excluding carboxylic acids is 2. The molecule has 2 aliphatic heterocycles. The van der Waals surface area contributed by atoms with E-state index in [1.807, 2.05) is 36.0 Å². The van der Waals surface area contributed by atoms with E-state index in [0.29, 0.717) is 31.4 Å². The zero-order chi connectivity index (χ0) is 19.6. The molecule has 0 spiro atoms. The van der Waals surface area contributed by atoms with Gasteiger partial charge in [-0.25, -0.2) is 0 Å². The van der Waals surface area contributed by atoms with Gasteiger partial charge in [0.25, 0.3) is 0 Å². The Morgan fingerprint density at radius 1 is 1.15 bits per heavy atom. The molecule has 0 aromatic heterocycles. The number of carbonyl (C=O) groups is 2. The fraction of sp³-hybridized carbons (Fsp3) is 0.619. The van der Waals surface area contributed by atoms with Crippen molar-refractivity contribution in [1.82, 2.24) is 14.7 Å². The van der Waals surface area contributed by atoms with Crippen LogP contribution >= 0.6 is 0 Å². The monoisotopic (exact) mass is 373 g/mol. The SMILES string of the molecule is COCCC(=O)N1C[C@@H]2CN(C(=O)CN(C)C)[C@@H](c3ccccc3C)[C@@H]2C1. The van der Waals surface area contributed by atoms with Crippen LogP contribution in [0.4, 0.5) is 0 Å². The average Bonchev–Trinajstić information content (AvgIpc) is 3.17. The maximum Gasteiger partial charge on any atom is 0.237 e. The molecule has 0 N–H and O–H groups in total. The first-order valence-corrected chi connectivity index (χ1v) is 9.68. The predicted molar refractivity (Wildman–Crippen MR) is 104 cm³/mol. The number of methoxy groups -OCH3 is 1. The summed E-state index contributed by atoms with van der Waals surface area (Å²) in [4.78, 5) is 31.3. The van der Waals surface area contributed by atoms with Gasteiger partial charge in [0.05, 0.1) is 25.6 Å². The van der Waals surface area contributed by atoms with Crippen molar-refractivity contribution in [2.24, 2.45) is 11.8 Å². The minimum Gasteiger partial charge on any atom is -0.384 e. The first kappa shape index (κ1) is 19.8. The van der Waals surface area contributed by atoms with E-state index < -0.39 is 0 Å². The van der Waals surface area contributed by atoms with Gasteiger partial charge in [-0.2, -0.15) is 0 Å². The van der Waals surface area contributed by atoms with Crippen molar-refractivity contribution >= 4 is 11.8 Å². The number of nitrogens with zero attached hydrogens (tertiary/aromatic N) is 3. The summed E-state index contributed by atoms with van der Waals surface area (Å²) in [5.41, 5.74) is 2.42. The van der Waals surface area contributed by atoms with Crippen molar-refractivity contribution in [3.05, 3.63) is 35.4 Å². The summed E-state index contributed by atoms with van der Waals surface area (Å²) in [6.45, 7) is 5.16. The second-order valence-electron chi connectivity index (χ2n) is 8.05. The Kier molecular flexibility index (Phi) is 6.17. The molecule has 1 aromatic rings. The van der Waals surface area contributed by atoms with Crippen molar-refractivity contribution in [1.29, 1.82) is 0 Å². The van der Waals surface area contributed by atoms with Crippen LogP contribution in [0.3, 0.4) is 0 Å². The zero-order valence-electron chi connectivity index (χ0n) is 16.9. The molecule has 27 heavy (non-hydrogen) atoms. The third kappa shape index (κ3) is 4.17. The van der Waals surface area contributed by atoms with E-state index in [2.05, 4.69) is 24.0 Å². The van der Waals surface area contributed by atoms with E-state index in [4.69, 9.17) is 4.74 Å². The lowest BCUT2D eigenvalue weighted by Gasteiger charge is -2.31. The number of hydrogen-bond donors (Lipinski definition) is 0. The van der Waals surface area contributed by atoms with Crippen LogP contribution in [0.5, 0.6) is 0 Å². The van der Waals surface area contributed by atoms with E-state index in [9.17, 15) is 9.59 Å². The van der Waals surface area contributed by atoms with E-state index in [-0.39, 0.29) is 17.9 Å². The Morgan fingerprint density at radius 2 is 1.89 bits per heavy atom. The van der Waals surface area contributed by atoms with Crippen molar-refractivity contribution < 1.29 is 14.3 Å². The number of benzene rings is 1. The van der Waals surface area contributed by atoms with Gasteiger partial charge in [0.15, 0.2) is 0 Å². The maximum absolute atomic E-state index is 12.9. The smallest absolute Gasteiger partial charge is 0.237 e. The molecule has 148 valence electrons. The molecular formula is C21H31N3O3. The van der Waals surface area contributed by atoms with Gasteiger partial charge in [-0.15, -0.1) is 0 Å². The van der Waals surface area contributed by atoms with Crippen LogP contribution in [0.15, 0.2) is 24.3 Å². The zero-order valence-corrected chi connectivity index (χ0v) is 16.9. The lowest BCUT2D eigenvalue weighted by Crippen LogP contribution is -2.41. The largest absolute Gasteiger partial charge is 0.384 e. The van der Waals surface area contributed by atoms with Crippen LogP contribution in [0.2, 0.25) is 0 Å². The minimum absolute atomic E-state index is 0.0453. The first-order valence-electron chi connectivity index (χ1n) is 9.68. The van der Waals surface area contributed by atoms with Gasteiger partial charge < -0.3 is 19.4 Å². The number of fused-ring (bicyclic) bond motifs is 1. The molecule has 0 aliphatic carbocycles. The van der Waals surface area contributed by atoms with E-state index >= 15 is 0 Å². The number of aryl methyl sites for hydroxylation is 1.